The van der Waals surface area contributed by atoms with Crippen LogP contribution in [0.15, 0.2) is 59.1 Å². The SMILES string of the molecule is COc1ccc(-c2ccc(CN3C(=O)C(NC(=O)OC(C)(C)C)CC(F)(F)c4cc(F)c(-c5nnc(C(C)(C)C#N)o5)cc43)cc2)nc1. The molecule has 48 heavy (non-hydrogen) atoms. The smallest absolute Gasteiger partial charge is 0.408 e. The monoisotopic (exact) mass is 662 g/mol. The second-order valence-corrected chi connectivity index (χ2v) is 12.8. The number of alkyl halides is 2. The van der Waals surface area contributed by atoms with E-state index in [1.54, 1.807) is 63.4 Å². The number of alkyl carbamates (subject to hydrolysis) is 1. The standard InChI is InChI=1S/C34H33F3N6O5/c1-32(2,3)48-31(45)40-26-15-34(36,37)23-14-24(35)22(28-41-42-30(47-28)33(4,5)18-38)13-27(23)43(29(26)44)17-19-7-9-20(10-8-19)25-12-11-21(46-6)16-39-25/h7-14,16,26H,15,17H2,1-6H3,(H,40,45). The van der Waals surface area contributed by atoms with Crippen LogP contribution in [0.5, 0.6) is 5.75 Å². The number of carbonyl (C=O) groups excluding carboxylic acids is 2. The summed E-state index contributed by atoms with van der Waals surface area (Å²) in [5.41, 5.74) is -1.70. The highest BCUT2D eigenvalue weighted by Gasteiger charge is 2.47. The van der Waals surface area contributed by atoms with Gasteiger partial charge in [0.15, 0.2) is 0 Å². The maximum Gasteiger partial charge on any atom is 0.408 e. The molecule has 1 aliphatic heterocycles. The Bertz CT molecular complexity index is 1880. The van der Waals surface area contributed by atoms with Gasteiger partial charge in [-0.15, -0.1) is 10.2 Å². The molecule has 0 aliphatic carbocycles. The number of pyridine rings is 1. The van der Waals surface area contributed by atoms with Gasteiger partial charge in [-0.2, -0.15) is 5.26 Å². The lowest BCUT2D eigenvalue weighted by atomic mass is 9.96. The van der Waals surface area contributed by atoms with Gasteiger partial charge < -0.3 is 24.1 Å². The van der Waals surface area contributed by atoms with Crippen LogP contribution in [0.4, 0.5) is 23.7 Å². The molecule has 11 nitrogen and oxygen atoms in total. The predicted octanol–water partition coefficient (Wildman–Crippen LogP) is 6.67. The van der Waals surface area contributed by atoms with Crippen LogP contribution in [0.3, 0.4) is 0 Å². The van der Waals surface area contributed by atoms with Crippen molar-refractivity contribution >= 4 is 17.7 Å². The van der Waals surface area contributed by atoms with Crippen LogP contribution in [-0.2, 0) is 27.4 Å². The van der Waals surface area contributed by atoms with Crippen LogP contribution in [0, 0.1) is 17.1 Å². The lowest BCUT2D eigenvalue weighted by Crippen LogP contribution is -2.49. The first kappa shape index (κ1) is 33.9. The zero-order chi connectivity index (χ0) is 35.0. The number of methoxy groups -OCH3 is 1. The molecular weight excluding hydrogens is 629 g/mol. The molecule has 14 heteroatoms. The minimum absolute atomic E-state index is 0.110. The maximum absolute atomic E-state index is 16.0. The van der Waals surface area contributed by atoms with Gasteiger partial charge in [-0.1, -0.05) is 24.3 Å². The molecule has 5 rings (SSSR count). The number of nitrogens with one attached hydrogen (secondary N) is 1. The Labute approximate surface area is 274 Å². The Hall–Kier alpha value is -5.45. The van der Waals surface area contributed by atoms with Crippen LogP contribution in [0.1, 0.15) is 58.1 Å². The van der Waals surface area contributed by atoms with E-state index in [9.17, 15) is 14.9 Å². The van der Waals surface area contributed by atoms with E-state index in [1.165, 1.54) is 21.0 Å². The molecule has 0 spiro atoms. The molecule has 1 N–H and O–H groups in total. The number of nitrogens with zero attached hydrogens (tertiary/aromatic N) is 5. The van der Waals surface area contributed by atoms with E-state index < -0.39 is 52.8 Å². The topological polar surface area (TPSA) is 143 Å². The Balaban J connectivity index is 1.58. The van der Waals surface area contributed by atoms with E-state index in [-0.39, 0.29) is 29.6 Å². The zero-order valence-electron chi connectivity index (χ0n) is 27.1. The van der Waals surface area contributed by atoms with Gasteiger partial charge in [0, 0.05) is 17.5 Å². The minimum Gasteiger partial charge on any atom is -0.495 e. The van der Waals surface area contributed by atoms with Crippen molar-refractivity contribution in [2.75, 3.05) is 12.0 Å². The molecule has 250 valence electrons. The highest BCUT2D eigenvalue weighted by molar-refractivity contribution is 6.01. The number of rotatable bonds is 7. The second kappa shape index (κ2) is 12.6. The van der Waals surface area contributed by atoms with Crippen molar-refractivity contribution in [3.8, 4) is 34.5 Å². The fourth-order valence-electron chi connectivity index (χ4n) is 5.00. The van der Waals surface area contributed by atoms with E-state index in [1.807, 2.05) is 6.07 Å². The van der Waals surface area contributed by atoms with E-state index >= 15 is 13.2 Å². The summed E-state index contributed by atoms with van der Waals surface area (Å²) >= 11 is 0. The molecule has 2 aromatic carbocycles. The summed E-state index contributed by atoms with van der Waals surface area (Å²) in [6, 6.07) is 12.4. The van der Waals surface area contributed by atoms with Crippen LogP contribution in [0.25, 0.3) is 22.7 Å². The Kier molecular flexibility index (Phi) is 8.92. The van der Waals surface area contributed by atoms with Crippen LogP contribution in [-0.4, -0.2) is 45.9 Å². The fourth-order valence-corrected chi connectivity index (χ4v) is 5.00. The highest BCUT2D eigenvalue weighted by atomic mass is 19.3. The number of aromatic nitrogens is 3. The lowest BCUT2D eigenvalue weighted by molar-refractivity contribution is -0.123. The Morgan fingerprint density at radius 1 is 1.12 bits per heavy atom. The first-order valence-corrected chi connectivity index (χ1v) is 14.9. The summed E-state index contributed by atoms with van der Waals surface area (Å²) in [7, 11) is 1.53. The molecule has 1 aliphatic rings. The molecule has 4 aromatic rings. The molecule has 2 amide bonds. The Morgan fingerprint density at radius 3 is 2.44 bits per heavy atom. The van der Waals surface area contributed by atoms with Gasteiger partial charge in [-0.3, -0.25) is 9.78 Å². The molecule has 2 aromatic heterocycles. The first-order valence-electron chi connectivity index (χ1n) is 14.9. The lowest BCUT2D eigenvalue weighted by Gasteiger charge is -2.27. The predicted molar refractivity (Wildman–Crippen MR) is 167 cm³/mol. The van der Waals surface area contributed by atoms with Crippen molar-refractivity contribution in [3.05, 3.63) is 77.6 Å². The summed E-state index contributed by atoms with van der Waals surface area (Å²) in [5.74, 6) is -5.66. The fraction of sp³-hybridized carbons (Fsp3) is 0.353. The van der Waals surface area contributed by atoms with Crippen LogP contribution >= 0.6 is 0 Å². The highest BCUT2D eigenvalue weighted by Crippen LogP contribution is 2.45. The van der Waals surface area contributed by atoms with Crippen molar-refractivity contribution < 1.29 is 36.7 Å². The van der Waals surface area contributed by atoms with Gasteiger partial charge >= 0.3 is 6.09 Å². The number of fused-ring (bicyclic) bond motifs is 1. The number of hydrogen-bond acceptors (Lipinski definition) is 9. The van der Waals surface area contributed by atoms with Gasteiger partial charge in [0.25, 0.3) is 11.8 Å². The van der Waals surface area contributed by atoms with E-state index in [4.69, 9.17) is 13.9 Å². The molecule has 0 fully saturated rings. The average Bonchev–Trinajstić information content (AvgIpc) is 3.51. The van der Waals surface area contributed by atoms with Crippen LogP contribution < -0.4 is 15.0 Å². The van der Waals surface area contributed by atoms with Gasteiger partial charge in [0.05, 0.1) is 42.9 Å². The molecule has 0 radical (unpaired) electrons. The zero-order valence-corrected chi connectivity index (χ0v) is 27.1. The summed E-state index contributed by atoms with van der Waals surface area (Å²) in [6.45, 7) is 7.59. The molecular formula is C34H33F3N6O5. The average molecular weight is 663 g/mol. The van der Waals surface area contributed by atoms with E-state index in [2.05, 4.69) is 20.5 Å². The third kappa shape index (κ3) is 7.10. The Morgan fingerprint density at radius 2 is 1.83 bits per heavy atom. The number of ether oxygens (including phenoxy) is 2. The van der Waals surface area contributed by atoms with Crippen molar-refractivity contribution in [2.45, 2.75) is 70.6 Å². The summed E-state index contributed by atoms with van der Waals surface area (Å²) in [4.78, 5) is 32.2. The van der Waals surface area contributed by atoms with Gasteiger partial charge in [0.2, 0.25) is 11.8 Å². The van der Waals surface area contributed by atoms with E-state index in [0.717, 1.165) is 16.5 Å². The second-order valence-electron chi connectivity index (χ2n) is 12.8. The summed E-state index contributed by atoms with van der Waals surface area (Å²) in [5, 5.41) is 19.4. The number of halogens is 3. The third-order valence-corrected chi connectivity index (χ3v) is 7.52. The van der Waals surface area contributed by atoms with Crippen molar-refractivity contribution in [1.82, 2.24) is 20.5 Å². The van der Waals surface area contributed by atoms with Crippen molar-refractivity contribution in [2.24, 2.45) is 0 Å². The molecule has 0 bridgehead atoms. The quantitative estimate of drug-likeness (QED) is 0.229. The summed E-state index contributed by atoms with van der Waals surface area (Å²) < 4.78 is 63.5. The van der Waals surface area contributed by atoms with Crippen molar-refractivity contribution in [3.63, 3.8) is 0 Å². The van der Waals surface area contributed by atoms with E-state index in [0.29, 0.717) is 23.1 Å². The number of nitriles is 1. The van der Waals surface area contributed by atoms with Gasteiger partial charge in [0.1, 0.15) is 28.6 Å². The van der Waals surface area contributed by atoms with Crippen LogP contribution in [0.2, 0.25) is 0 Å². The number of anilines is 1. The molecule has 1 atom stereocenters. The molecule has 1 unspecified atom stereocenters. The summed E-state index contributed by atoms with van der Waals surface area (Å²) in [6.07, 6.45) is -0.654. The minimum atomic E-state index is -3.77. The number of carbonyl (C=O) groups is 2. The third-order valence-electron chi connectivity index (χ3n) is 7.52. The number of hydrogen-bond donors (Lipinski definition) is 1. The van der Waals surface area contributed by atoms with Crippen molar-refractivity contribution in [1.29, 1.82) is 5.26 Å². The molecule has 3 heterocycles. The largest absolute Gasteiger partial charge is 0.495 e. The normalized spacial score (nSPS) is 16.0. The molecule has 0 saturated carbocycles. The number of benzene rings is 2. The van der Waals surface area contributed by atoms with Gasteiger partial charge in [-0.05, 0) is 64.4 Å². The first-order chi connectivity index (χ1) is 22.5. The maximum atomic E-state index is 16.0. The molecule has 0 saturated heterocycles. The number of amides is 2. The van der Waals surface area contributed by atoms with Gasteiger partial charge in [-0.25, -0.2) is 18.0 Å².